The van der Waals surface area contributed by atoms with Crippen molar-refractivity contribution in [3.05, 3.63) is 42.0 Å². The summed E-state index contributed by atoms with van der Waals surface area (Å²) in [5, 5.41) is 0. The summed E-state index contributed by atoms with van der Waals surface area (Å²) >= 11 is 0. The maximum atomic E-state index is 6.02. The molecule has 2 nitrogen and oxygen atoms in total. The molecule has 0 radical (unpaired) electrons. The molecule has 15 heavy (non-hydrogen) atoms. The smallest absolute Gasteiger partial charge is 0.119 e. The third-order valence-corrected chi connectivity index (χ3v) is 2.19. The molecule has 1 rings (SSSR count). The van der Waals surface area contributed by atoms with Crippen molar-refractivity contribution in [2.24, 2.45) is 5.73 Å². The van der Waals surface area contributed by atoms with E-state index in [-0.39, 0.29) is 6.04 Å². The van der Waals surface area contributed by atoms with Crippen LogP contribution in [0.1, 0.15) is 31.9 Å². The van der Waals surface area contributed by atoms with Crippen LogP contribution >= 0.6 is 0 Å². The van der Waals surface area contributed by atoms with E-state index in [2.05, 4.69) is 6.58 Å². The van der Waals surface area contributed by atoms with Crippen molar-refractivity contribution in [1.29, 1.82) is 0 Å². The number of hydrogen-bond donors (Lipinski definition) is 1. The zero-order valence-corrected chi connectivity index (χ0v) is 9.49. The molecule has 0 aliphatic heterocycles. The van der Waals surface area contributed by atoms with E-state index in [0.29, 0.717) is 6.61 Å². The van der Waals surface area contributed by atoms with Gasteiger partial charge in [-0.15, -0.1) is 6.58 Å². The summed E-state index contributed by atoms with van der Waals surface area (Å²) in [7, 11) is 0. The van der Waals surface area contributed by atoms with Gasteiger partial charge in [0.25, 0.3) is 0 Å². The zero-order valence-electron chi connectivity index (χ0n) is 9.49. The van der Waals surface area contributed by atoms with Gasteiger partial charge in [0.2, 0.25) is 0 Å². The molecule has 2 heteroatoms. The summed E-state index contributed by atoms with van der Waals surface area (Å²) in [5.41, 5.74) is 8.25. The van der Waals surface area contributed by atoms with E-state index in [4.69, 9.17) is 10.5 Å². The second-order valence-electron chi connectivity index (χ2n) is 3.77. The first-order chi connectivity index (χ1) is 7.13. The molecule has 0 saturated carbocycles. The Morgan fingerprint density at radius 3 is 2.47 bits per heavy atom. The highest BCUT2D eigenvalue weighted by atomic mass is 16.5. The molecule has 0 aromatic heterocycles. The fourth-order valence-electron chi connectivity index (χ4n) is 1.47. The molecule has 0 aliphatic carbocycles. The van der Waals surface area contributed by atoms with Crippen molar-refractivity contribution in [1.82, 2.24) is 0 Å². The van der Waals surface area contributed by atoms with Gasteiger partial charge in [-0.3, -0.25) is 0 Å². The Morgan fingerprint density at radius 2 is 2.00 bits per heavy atom. The van der Waals surface area contributed by atoms with Gasteiger partial charge in [0.1, 0.15) is 5.75 Å². The van der Waals surface area contributed by atoms with Crippen LogP contribution in [-0.4, -0.2) is 6.61 Å². The Morgan fingerprint density at radius 1 is 1.40 bits per heavy atom. The lowest BCUT2D eigenvalue weighted by Crippen LogP contribution is -2.10. The molecule has 2 N–H and O–H groups in total. The number of ether oxygens (including phenoxy) is 1. The van der Waals surface area contributed by atoms with Crippen LogP contribution in [0.25, 0.3) is 0 Å². The van der Waals surface area contributed by atoms with E-state index in [1.165, 1.54) is 0 Å². The minimum absolute atomic E-state index is 0.0400. The molecule has 82 valence electrons. The van der Waals surface area contributed by atoms with E-state index < -0.39 is 0 Å². The second kappa shape index (κ2) is 5.56. The quantitative estimate of drug-likeness (QED) is 0.750. The van der Waals surface area contributed by atoms with Crippen molar-refractivity contribution >= 4 is 0 Å². The fourth-order valence-corrected chi connectivity index (χ4v) is 1.47. The van der Waals surface area contributed by atoms with E-state index >= 15 is 0 Å². The molecule has 0 saturated heterocycles. The van der Waals surface area contributed by atoms with Gasteiger partial charge in [0.05, 0.1) is 6.61 Å². The first-order valence-electron chi connectivity index (χ1n) is 5.26. The zero-order chi connectivity index (χ0) is 11.3. The Hall–Kier alpha value is -1.28. The summed E-state index contributed by atoms with van der Waals surface area (Å²) < 4.78 is 5.36. The normalized spacial score (nSPS) is 12.2. The van der Waals surface area contributed by atoms with Gasteiger partial charge < -0.3 is 10.5 Å². The van der Waals surface area contributed by atoms with Gasteiger partial charge in [-0.1, -0.05) is 17.7 Å². The molecule has 1 atom stereocenters. The lowest BCUT2D eigenvalue weighted by atomic mass is 10.0. The van der Waals surface area contributed by atoms with Gasteiger partial charge in [-0.05, 0) is 38.0 Å². The van der Waals surface area contributed by atoms with Gasteiger partial charge in [0, 0.05) is 6.04 Å². The summed E-state index contributed by atoms with van der Waals surface area (Å²) in [6.07, 6.45) is 0.827. The summed E-state index contributed by atoms with van der Waals surface area (Å²) in [6, 6.07) is 7.98. The highest BCUT2D eigenvalue weighted by Crippen LogP contribution is 2.20. The highest BCUT2D eigenvalue weighted by molar-refractivity contribution is 5.29. The van der Waals surface area contributed by atoms with Crippen LogP contribution in [0.15, 0.2) is 36.4 Å². The summed E-state index contributed by atoms with van der Waals surface area (Å²) in [5.74, 6) is 0.892. The Bertz CT molecular complexity index is 316. The predicted molar refractivity (Wildman–Crippen MR) is 64.0 cm³/mol. The maximum absolute atomic E-state index is 6.02. The van der Waals surface area contributed by atoms with Crippen LogP contribution < -0.4 is 10.5 Å². The first-order valence-corrected chi connectivity index (χ1v) is 5.26. The monoisotopic (exact) mass is 205 g/mol. The molecule has 0 fully saturated rings. The SMILES string of the molecule is C=C(C)CC(N)c1ccc(OCC)cc1. The summed E-state index contributed by atoms with van der Waals surface area (Å²) in [6.45, 7) is 8.52. The van der Waals surface area contributed by atoms with Crippen LogP contribution in [0.2, 0.25) is 0 Å². The number of hydrogen-bond acceptors (Lipinski definition) is 2. The van der Waals surface area contributed by atoms with Crippen molar-refractivity contribution in [2.45, 2.75) is 26.3 Å². The highest BCUT2D eigenvalue weighted by Gasteiger charge is 2.05. The van der Waals surface area contributed by atoms with Gasteiger partial charge in [-0.25, -0.2) is 0 Å². The lowest BCUT2D eigenvalue weighted by Gasteiger charge is -2.12. The van der Waals surface area contributed by atoms with E-state index in [1.807, 2.05) is 38.1 Å². The van der Waals surface area contributed by atoms with Gasteiger partial charge in [-0.2, -0.15) is 0 Å². The molecule has 1 aromatic rings. The molecule has 0 amide bonds. The molecular weight excluding hydrogens is 186 g/mol. The van der Waals surface area contributed by atoms with Crippen molar-refractivity contribution < 1.29 is 4.74 Å². The van der Waals surface area contributed by atoms with Crippen LogP contribution in [-0.2, 0) is 0 Å². The largest absolute Gasteiger partial charge is 0.494 e. The molecule has 1 aromatic carbocycles. The lowest BCUT2D eigenvalue weighted by molar-refractivity contribution is 0.340. The molecule has 1 unspecified atom stereocenters. The maximum Gasteiger partial charge on any atom is 0.119 e. The van der Waals surface area contributed by atoms with Crippen LogP contribution in [0.5, 0.6) is 5.75 Å². The minimum atomic E-state index is 0.0400. The molecule has 0 heterocycles. The molecule has 0 aliphatic rings. The average molecular weight is 205 g/mol. The third-order valence-electron chi connectivity index (χ3n) is 2.19. The standard InChI is InChI=1S/C13H19NO/c1-4-15-12-7-5-11(6-8-12)13(14)9-10(2)3/h5-8,13H,2,4,9,14H2,1,3H3. The molecule has 0 bridgehead atoms. The second-order valence-corrected chi connectivity index (χ2v) is 3.77. The first kappa shape index (κ1) is 11.8. The fraction of sp³-hybridized carbons (Fsp3) is 0.385. The van der Waals surface area contributed by atoms with Crippen molar-refractivity contribution in [3.63, 3.8) is 0 Å². The van der Waals surface area contributed by atoms with Crippen LogP contribution in [0.4, 0.5) is 0 Å². The van der Waals surface area contributed by atoms with E-state index in [9.17, 15) is 0 Å². The predicted octanol–water partition coefficient (Wildman–Crippen LogP) is 3.05. The van der Waals surface area contributed by atoms with Crippen LogP contribution in [0, 0.1) is 0 Å². The third kappa shape index (κ3) is 3.76. The Labute approximate surface area is 91.7 Å². The van der Waals surface area contributed by atoms with E-state index in [0.717, 1.165) is 23.3 Å². The molecular formula is C13H19NO. The summed E-state index contributed by atoms with van der Waals surface area (Å²) in [4.78, 5) is 0. The van der Waals surface area contributed by atoms with Crippen molar-refractivity contribution in [2.75, 3.05) is 6.61 Å². The van der Waals surface area contributed by atoms with E-state index in [1.54, 1.807) is 0 Å². The van der Waals surface area contributed by atoms with Gasteiger partial charge >= 0.3 is 0 Å². The number of nitrogens with two attached hydrogens (primary N) is 1. The molecule has 0 spiro atoms. The minimum Gasteiger partial charge on any atom is -0.494 e. The average Bonchev–Trinajstić information content (AvgIpc) is 2.18. The van der Waals surface area contributed by atoms with Gasteiger partial charge in [0.15, 0.2) is 0 Å². The number of benzene rings is 1. The Balaban J connectivity index is 2.66. The topological polar surface area (TPSA) is 35.2 Å². The Kier molecular flexibility index (Phi) is 4.37. The van der Waals surface area contributed by atoms with Crippen molar-refractivity contribution in [3.8, 4) is 5.75 Å². The van der Waals surface area contributed by atoms with Crippen LogP contribution in [0.3, 0.4) is 0 Å². The number of rotatable bonds is 5.